The molecule has 0 aliphatic rings. The molecule has 74 valence electrons. The van der Waals surface area contributed by atoms with Gasteiger partial charge in [0, 0.05) is 5.25 Å². The van der Waals surface area contributed by atoms with Gasteiger partial charge in [0.25, 0.3) is 0 Å². The molecule has 0 bridgehead atoms. The Morgan fingerprint density at radius 2 is 1.42 bits per heavy atom. The van der Waals surface area contributed by atoms with E-state index in [0.29, 0.717) is 10.8 Å². The molecule has 12 heavy (non-hydrogen) atoms. The zero-order valence-electron chi connectivity index (χ0n) is 9.69. The van der Waals surface area contributed by atoms with Gasteiger partial charge in [-0.15, -0.1) is 0 Å². The van der Waals surface area contributed by atoms with Crippen LogP contribution in [0.4, 0.5) is 0 Å². The summed E-state index contributed by atoms with van der Waals surface area (Å²) in [5, 5.41) is 0.775. The van der Waals surface area contributed by atoms with Gasteiger partial charge >= 0.3 is 0 Å². The van der Waals surface area contributed by atoms with E-state index >= 15 is 0 Å². The Labute approximate surface area is 82.5 Å². The first-order valence-electron chi connectivity index (χ1n) is 4.69. The van der Waals surface area contributed by atoms with E-state index in [1.54, 1.807) is 0 Å². The van der Waals surface area contributed by atoms with Gasteiger partial charge in [0.15, 0.2) is 0 Å². The Balaban J connectivity index is 4.20. The Kier molecular flexibility index (Phi) is 4.16. The SMILES string of the molecule is CSC(CC(C)(C)C)C(C)(C)C. The molecular weight excluding hydrogens is 164 g/mol. The molecule has 0 aromatic rings. The summed E-state index contributed by atoms with van der Waals surface area (Å²) in [6.07, 6.45) is 3.53. The third kappa shape index (κ3) is 5.08. The zero-order valence-corrected chi connectivity index (χ0v) is 10.5. The largest absolute Gasteiger partial charge is 0.161 e. The van der Waals surface area contributed by atoms with Crippen molar-refractivity contribution in [3.05, 3.63) is 0 Å². The summed E-state index contributed by atoms with van der Waals surface area (Å²) in [7, 11) is 0. The fourth-order valence-electron chi connectivity index (χ4n) is 1.30. The molecule has 0 rings (SSSR count). The van der Waals surface area contributed by atoms with Crippen LogP contribution in [0.15, 0.2) is 0 Å². The van der Waals surface area contributed by atoms with Crippen molar-refractivity contribution >= 4 is 11.8 Å². The topological polar surface area (TPSA) is 0 Å². The highest BCUT2D eigenvalue weighted by Gasteiger charge is 2.27. The lowest BCUT2D eigenvalue weighted by Crippen LogP contribution is -2.27. The summed E-state index contributed by atoms with van der Waals surface area (Å²) in [6, 6.07) is 0. The third-order valence-electron chi connectivity index (χ3n) is 2.05. The predicted molar refractivity (Wildman–Crippen MR) is 60.8 cm³/mol. The van der Waals surface area contributed by atoms with Gasteiger partial charge < -0.3 is 0 Å². The molecule has 0 radical (unpaired) electrons. The summed E-state index contributed by atoms with van der Waals surface area (Å²) in [6.45, 7) is 14.0. The Morgan fingerprint density at radius 3 is 1.50 bits per heavy atom. The third-order valence-corrected chi connectivity index (χ3v) is 3.49. The summed E-state index contributed by atoms with van der Waals surface area (Å²) < 4.78 is 0. The second kappa shape index (κ2) is 4.04. The minimum atomic E-state index is 0.437. The summed E-state index contributed by atoms with van der Waals surface area (Å²) in [5.74, 6) is 0. The average Bonchev–Trinajstić information content (AvgIpc) is 1.78. The van der Waals surface area contributed by atoms with Gasteiger partial charge in [-0.1, -0.05) is 41.5 Å². The van der Waals surface area contributed by atoms with Crippen molar-refractivity contribution in [1.29, 1.82) is 0 Å². The average molecular weight is 188 g/mol. The van der Waals surface area contributed by atoms with Crippen LogP contribution >= 0.6 is 11.8 Å². The Morgan fingerprint density at radius 1 is 1.00 bits per heavy atom. The van der Waals surface area contributed by atoms with Crippen LogP contribution in [-0.2, 0) is 0 Å². The molecule has 0 amide bonds. The van der Waals surface area contributed by atoms with Crippen LogP contribution < -0.4 is 0 Å². The van der Waals surface area contributed by atoms with Crippen LogP contribution in [0, 0.1) is 10.8 Å². The first-order chi connectivity index (χ1) is 5.17. The van der Waals surface area contributed by atoms with Gasteiger partial charge in [0.2, 0.25) is 0 Å². The van der Waals surface area contributed by atoms with Crippen LogP contribution in [0.5, 0.6) is 0 Å². The standard InChI is InChI=1S/C11H24S/c1-10(2,3)8-9(12-7)11(4,5)6/h9H,8H2,1-7H3. The van der Waals surface area contributed by atoms with E-state index < -0.39 is 0 Å². The van der Waals surface area contributed by atoms with Gasteiger partial charge in [-0.05, 0) is 23.5 Å². The number of rotatable bonds is 2. The van der Waals surface area contributed by atoms with E-state index in [-0.39, 0.29) is 0 Å². The maximum Gasteiger partial charge on any atom is 0.00977 e. The van der Waals surface area contributed by atoms with Crippen LogP contribution in [0.3, 0.4) is 0 Å². The van der Waals surface area contributed by atoms with Crippen LogP contribution in [0.1, 0.15) is 48.0 Å². The lowest BCUT2D eigenvalue weighted by Gasteiger charge is -2.34. The van der Waals surface area contributed by atoms with Crippen molar-refractivity contribution in [3.63, 3.8) is 0 Å². The molecule has 0 heterocycles. The summed E-state index contributed by atoms with van der Waals surface area (Å²) in [4.78, 5) is 0. The van der Waals surface area contributed by atoms with E-state index in [2.05, 4.69) is 47.8 Å². The van der Waals surface area contributed by atoms with Gasteiger partial charge in [-0.3, -0.25) is 0 Å². The number of thioether (sulfide) groups is 1. The van der Waals surface area contributed by atoms with Crippen molar-refractivity contribution in [2.75, 3.05) is 6.26 Å². The summed E-state index contributed by atoms with van der Waals surface area (Å²) in [5.41, 5.74) is 0.896. The molecule has 0 saturated heterocycles. The lowest BCUT2D eigenvalue weighted by atomic mass is 9.81. The monoisotopic (exact) mass is 188 g/mol. The van der Waals surface area contributed by atoms with E-state index in [9.17, 15) is 0 Å². The molecule has 0 aliphatic carbocycles. The number of hydrogen-bond donors (Lipinski definition) is 0. The molecule has 0 aromatic heterocycles. The van der Waals surface area contributed by atoms with Gasteiger partial charge in [0.05, 0.1) is 0 Å². The maximum atomic E-state index is 2.33. The minimum absolute atomic E-state index is 0.437. The lowest BCUT2D eigenvalue weighted by molar-refractivity contribution is 0.287. The molecule has 1 heteroatoms. The molecule has 0 aliphatic heterocycles. The molecule has 1 unspecified atom stereocenters. The quantitative estimate of drug-likeness (QED) is 0.626. The predicted octanol–water partition coefficient (Wildman–Crippen LogP) is 4.20. The van der Waals surface area contributed by atoms with Crippen molar-refractivity contribution in [2.24, 2.45) is 10.8 Å². The van der Waals surface area contributed by atoms with Crippen LogP contribution in [-0.4, -0.2) is 11.5 Å². The molecule has 0 N–H and O–H groups in total. The Bertz CT molecular complexity index is 125. The molecule has 0 nitrogen and oxygen atoms in total. The molecule has 0 fully saturated rings. The fourth-order valence-corrected chi connectivity index (χ4v) is 2.67. The second-order valence-corrected chi connectivity index (χ2v) is 6.90. The highest BCUT2D eigenvalue weighted by Crippen LogP contribution is 2.37. The molecular formula is C11H24S. The van der Waals surface area contributed by atoms with Crippen LogP contribution in [0.25, 0.3) is 0 Å². The molecule has 0 spiro atoms. The van der Waals surface area contributed by atoms with E-state index in [1.807, 2.05) is 11.8 Å². The van der Waals surface area contributed by atoms with Crippen molar-refractivity contribution in [1.82, 2.24) is 0 Å². The second-order valence-electron chi connectivity index (χ2n) is 5.86. The normalized spacial score (nSPS) is 16.2. The Hall–Kier alpha value is 0.350. The van der Waals surface area contributed by atoms with Crippen molar-refractivity contribution in [3.8, 4) is 0 Å². The molecule has 0 saturated carbocycles. The van der Waals surface area contributed by atoms with Gasteiger partial charge in [-0.25, -0.2) is 0 Å². The van der Waals surface area contributed by atoms with E-state index in [0.717, 1.165) is 5.25 Å². The first kappa shape index (κ1) is 12.3. The smallest absolute Gasteiger partial charge is 0.00977 e. The van der Waals surface area contributed by atoms with Gasteiger partial charge in [-0.2, -0.15) is 11.8 Å². The minimum Gasteiger partial charge on any atom is -0.161 e. The zero-order chi connectivity index (χ0) is 9.99. The van der Waals surface area contributed by atoms with Gasteiger partial charge in [0.1, 0.15) is 0 Å². The van der Waals surface area contributed by atoms with Crippen LogP contribution in [0.2, 0.25) is 0 Å². The number of hydrogen-bond acceptors (Lipinski definition) is 1. The molecule has 1 atom stereocenters. The maximum absolute atomic E-state index is 2.33. The first-order valence-corrected chi connectivity index (χ1v) is 5.98. The van der Waals surface area contributed by atoms with E-state index in [4.69, 9.17) is 0 Å². The fraction of sp³-hybridized carbons (Fsp3) is 1.00. The van der Waals surface area contributed by atoms with Crippen molar-refractivity contribution in [2.45, 2.75) is 53.2 Å². The highest BCUT2D eigenvalue weighted by molar-refractivity contribution is 7.99. The van der Waals surface area contributed by atoms with Crippen molar-refractivity contribution < 1.29 is 0 Å². The van der Waals surface area contributed by atoms with E-state index in [1.165, 1.54) is 6.42 Å². The molecule has 0 aromatic carbocycles. The summed E-state index contributed by atoms with van der Waals surface area (Å²) >= 11 is 2.00. The highest BCUT2D eigenvalue weighted by atomic mass is 32.2.